The third kappa shape index (κ3) is 6.18. The maximum absolute atomic E-state index is 5.10. The molecule has 7 heteroatoms. The van der Waals surface area contributed by atoms with E-state index in [1.807, 2.05) is 38.2 Å². The summed E-state index contributed by atoms with van der Waals surface area (Å²) in [6, 6.07) is 8.18. The maximum atomic E-state index is 5.10. The Labute approximate surface area is 159 Å². The molecule has 0 atom stereocenters. The Morgan fingerprint density at radius 1 is 1.08 bits per heavy atom. The zero-order valence-corrected chi connectivity index (χ0v) is 16.8. The highest BCUT2D eigenvalue weighted by Crippen LogP contribution is 2.24. The van der Waals surface area contributed by atoms with Gasteiger partial charge in [-0.1, -0.05) is 6.07 Å². The normalized spacial score (nSPS) is 10.4. The molecule has 6 nitrogen and oxygen atoms in total. The number of aromatic nitrogens is 3. The molecule has 3 aromatic rings. The Kier molecular flexibility index (Phi) is 7.20. The lowest BCUT2D eigenvalue weighted by Gasteiger charge is -2.07. The Balaban J connectivity index is 0.000000431. The first-order valence-corrected chi connectivity index (χ1v) is 9.15. The second kappa shape index (κ2) is 9.38. The number of benzene rings is 1. The van der Waals surface area contributed by atoms with Crippen LogP contribution < -0.4 is 11.1 Å². The number of hydrogen-bond donors (Lipinski definition) is 2. The van der Waals surface area contributed by atoms with Gasteiger partial charge in [-0.25, -0.2) is 15.0 Å². The maximum Gasteiger partial charge on any atom is 0.227 e. The van der Waals surface area contributed by atoms with Crippen LogP contribution >= 0.6 is 11.3 Å². The molecular weight excluding hydrogens is 344 g/mol. The van der Waals surface area contributed by atoms with Gasteiger partial charge in [0.2, 0.25) is 5.95 Å². The lowest BCUT2D eigenvalue weighted by atomic mass is 10.1. The van der Waals surface area contributed by atoms with Gasteiger partial charge >= 0.3 is 0 Å². The predicted molar refractivity (Wildman–Crippen MR) is 110 cm³/mol. The van der Waals surface area contributed by atoms with Crippen molar-refractivity contribution in [1.82, 2.24) is 19.9 Å². The summed E-state index contributed by atoms with van der Waals surface area (Å²) in [6.07, 6.45) is 3.61. The Hall–Kier alpha value is -2.35. The van der Waals surface area contributed by atoms with Gasteiger partial charge in [-0.15, -0.1) is 11.3 Å². The van der Waals surface area contributed by atoms with Gasteiger partial charge in [0.25, 0.3) is 0 Å². The summed E-state index contributed by atoms with van der Waals surface area (Å²) in [4.78, 5) is 16.3. The second-order valence-corrected chi connectivity index (χ2v) is 7.54. The van der Waals surface area contributed by atoms with Crippen LogP contribution in [-0.2, 0) is 0 Å². The quantitative estimate of drug-likeness (QED) is 0.681. The molecule has 3 rings (SSSR count). The van der Waals surface area contributed by atoms with E-state index in [-0.39, 0.29) is 0 Å². The van der Waals surface area contributed by atoms with Crippen LogP contribution in [0.5, 0.6) is 0 Å². The molecule has 2 aromatic heterocycles. The summed E-state index contributed by atoms with van der Waals surface area (Å²) in [5.41, 5.74) is 9.36. The standard InChI is InChI=1S/C16H16N4S.C3H10N2/c1-10-6-11(2)8-13(7-10)19-16-17-5-4-14(20-16)15-18-9-12(3)21-15;1-5(2)3-4/h4-9H,1-3H3,(H,17,19,20);3-4H2,1-2H3. The predicted octanol–water partition coefficient (Wildman–Crippen LogP) is 3.73. The molecule has 26 heavy (non-hydrogen) atoms. The lowest BCUT2D eigenvalue weighted by Crippen LogP contribution is -2.20. The minimum absolute atomic E-state index is 0.588. The summed E-state index contributed by atoms with van der Waals surface area (Å²) >= 11 is 1.63. The fraction of sp³-hybridized carbons (Fsp3) is 0.316. The van der Waals surface area contributed by atoms with Crippen molar-refractivity contribution in [2.24, 2.45) is 5.73 Å². The van der Waals surface area contributed by atoms with Crippen molar-refractivity contribution >= 4 is 23.0 Å². The molecule has 1 aromatic carbocycles. The van der Waals surface area contributed by atoms with Crippen LogP contribution in [0.25, 0.3) is 10.7 Å². The fourth-order valence-corrected chi connectivity index (χ4v) is 2.92. The highest BCUT2D eigenvalue weighted by atomic mass is 32.1. The molecular formula is C19H26N6S. The zero-order valence-electron chi connectivity index (χ0n) is 15.9. The number of nitrogens with zero attached hydrogens (tertiary/aromatic N) is 4. The van der Waals surface area contributed by atoms with Crippen LogP contribution in [0.15, 0.2) is 36.7 Å². The summed E-state index contributed by atoms with van der Waals surface area (Å²) in [5.74, 6) is 0.588. The molecule has 0 unspecified atom stereocenters. The third-order valence-electron chi connectivity index (χ3n) is 3.34. The number of aryl methyl sites for hydroxylation is 3. The van der Waals surface area contributed by atoms with Gasteiger partial charge in [0.1, 0.15) is 10.7 Å². The van der Waals surface area contributed by atoms with Gasteiger partial charge in [-0.05, 0) is 64.2 Å². The van der Waals surface area contributed by atoms with Gasteiger partial charge in [-0.2, -0.15) is 0 Å². The molecule has 0 aliphatic carbocycles. The van der Waals surface area contributed by atoms with E-state index in [0.717, 1.165) is 16.4 Å². The number of nitrogens with one attached hydrogen (secondary N) is 1. The van der Waals surface area contributed by atoms with E-state index >= 15 is 0 Å². The minimum Gasteiger partial charge on any atom is -0.324 e. The number of thiazole rings is 1. The van der Waals surface area contributed by atoms with Crippen molar-refractivity contribution < 1.29 is 0 Å². The van der Waals surface area contributed by atoms with E-state index in [2.05, 4.69) is 52.3 Å². The van der Waals surface area contributed by atoms with Gasteiger partial charge in [0.05, 0.1) is 0 Å². The van der Waals surface area contributed by atoms with Gasteiger partial charge < -0.3 is 11.1 Å². The number of rotatable bonds is 4. The molecule has 138 valence electrons. The summed E-state index contributed by atoms with van der Waals surface area (Å²) in [7, 11) is 3.86. The van der Waals surface area contributed by atoms with Gasteiger partial charge in [-0.3, -0.25) is 4.90 Å². The number of hydrogen-bond acceptors (Lipinski definition) is 7. The lowest BCUT2D eigenvalue weighted by molar-refractivity contribution is 0.423. The van der Waals surface area contributed by atoms with Crippen molar-refractivity contribution in [2.45, 2.75) is 20.8 Å². The molecule has 0 radical (unpaired) electrons. The van der Waals surface area contributed by atoms with E-state index in [1.165, 1.54) is 16.0 Å². The van der Waals surface area contributed by atoms with Crippen LogP contribution in [0.2, 0.25) is 0 Å². The first-order valence-electron chi connectivity index (χ1n) is 8.33. The van der Waals surface area contributed by atoms with E-state index in [9.17, 15) is 0 Å². The Morgan fingerprint density at radius 2 is 1.73 bits per heavy atom. The van der Waals surface area contributed by atoms with E-state index < -0.39 is 0 Å². The molecule has 3 N–H and O–H groups in total. The first kappa shape index (κ1) is 20.0. The minimum atomic E-state index is 0.588. The van der Waals surface area contributed by atoms with Crippen molar-refractivity contribution in [3.63, 3.8) is 0 Å². The molecule has 0 aliphatic heterocycles. The van der Waals surface area contributed by atoms with Crippen molar-refractivity contribution in [1.29, 1.82) is 0 Å². The van der Waals surface area contributed by atoms with Crippen LogP contribution in [0, 0.1) is 20.8 Å². The summed E-state index contributed by atoms with van der Waals surface area (Å²) in [6.45, 7) is 6.83. The van der Waals surface area contributed by atoms with Gasteiger partial charge in [0, 0.05) is 29.6 Å². The average molecular weight is 371 g/mol. The molecule has 0 amide bonds. The monoisotopic (exact) mass is 370 g/mol. The third-order valence-corrected chi connectivity index (χ3v) is 4.27. The summed E-state index contributed by atoms with van der Waals surface area (Å²) in [5, 5.41) is 4.17. The van der Waals surface area contributed by atoms with Crippen molar-refractivity contribution in [3.05, 3.63) is 52.7 Å². The van der Waals surface area contributed by atoms with Crippen LogP contribution in [-0.4, -0.2) is 40.6 Å². The van der Waals surface area contributed by atoms with Crippen LogP contribution in [0.1, 0.15) is 16.0 Å². The highest BCUT2D eigenvalue weighted by Gasteiger charge is 2.06. The van der Waals surface area contributed by atoms with Crippen molar-refractivity contribution in [3.8, 4) is 10.7 Å². The highest BCUT2D eigenvalue weighted by molar-refractivity contribution is 7.14. The van der Waals surface area contributed by atoms with Gasteiger partial charge in [0.15, 0.2) is 0 Å². The van der Waals surface area contributed by atoms with Crippen LogP contribution in [0.4, 0.5) is 11.6 Å². The van der Waals surface area contributed by atoms with Crippen molar-refractivity contribution in [2.75, 3.05) is 26.1 Å². The SMILES string of the molecule is CN(C)CN.Cc1cc(C)cc(Nc2nccc(-c3ncc(C)s3)n2)c1. The fourth-order valence-electron chi connectivity index (χ4n) is 2.19. The molecule has 0 spiro atoms. The zero-order chi connectivity index (χ0) is 19.1. The molecule has 0 saturated heterocycles. The van der Waals surface area contributed by atoms with E-state index in [0.29, 0.717) is 12.6 Å². The topological polar surface area (TPSA) is 80.0 Å². The smallest absolute Gasteiger partial charge is 0.227 e. The van der Waals surface area contributed by atoms with Crippen LogP contribution in [0.3, 0.4) is 0 Å². The Morgan fingerprint density at radius 3 is 2.27 bits per heavy atom. The molecule has 0 fully saturated rings. The largest absolute Gasteiger partial charge is 0.324 e. The Bertz CT molecular complexity index is 823. The van der Waals surface area contributed by atoms with E-state index in [4.69, 9.17) is 5.73 Å². The first-order chi connectivity index (χ1) is 12.4. The second-order valence-electron chi connectivity index (χ2n) is 6.31. The number of anilines is 2. The van der Waals surface area contributed by atoms with E-state index in [1.54, 1.807) is 17.5 Å². The molecule has 0 saturated carbocycles. The molecule has 2 heterocycles. The molecule has 0 aliphatic rings. The molecule has 0 bridgehead atoms. The average Bonchev–Trinajstić information content (AvgIpc) is 3.01. The number of nitrogens with two attached hydrogens (primary N) is 1. The summed E-state index contributed by atoms with van der Waals surface area (Å²) < 4.78 is 0.